The number of piperazine rings is 1. The molecule has 2 aromatic carbocycles. The smallest absolute Gasteiger partial charge is 0.242 e. The molecule has 36 heavy (non-hydrogen) atoms. The Morgan fingerprint density at radius 2 is 1.78 bits per heavy atom. The normalized spacial score (nSPS) is 13.6. The number of imidazole rings is 1. The Hall–Kier alpha value is -4.34. The SMILES string of the molecule is COc1cc(OC)cc(N2CCN(C(=O)CNc3c(-c4ccccc4F)nc4cnccn34)CC2)c1. The Morgan fingerprint density at radius 3 is 2.47 bits per heavy atom. The number of ether oxygens (including phenoxy) is 2. The van der Waals surface area contributed by atoms with E-state index in [4.69, 9.17) is 9.47 Å². The third-order valence-corrected chi connectivity index (χ3v) is 6.30. The Balaban J connectivity index is 1.28. The largest absolute Gasteiger partial charge is 0.497 e. The molecule has 0 spiro atoms. The van der Waals surface area contributed by atoms with Crippen molar-refractivity contribution in [2.45, 2.75) is 0 Å². The molecular weight excluding hydrogens is 463 g/mol. The van der Waals surface area contributed by atoms with Gasteiger partial charge in [-0.1, -0.05) is 12.1 Å². The molecule has 1 amide bonds. The Kier molecular flexibility index (Phi) is 6.57. The van der Waals surface area contributed by atoms with Crippen molar-refractivity contribution in [2.24, 2.45) is 0 Å². The predicted molar refractivity (Wildman–Crippen MR) is 135 cm³/mol. The first kappa shape index (κ1) is 23.4. The maximum Gasteiger partial charge on any atom is 0.242 e. The molecule has 0 aliphatic carbocycles. The van der Waals surface area contributed by atoms with Crippen LogP contribution < -0.4 is 19.7 Å². The van der Waals surface area contributed by atoms with Crippen LogP contribution in [0.25, 0.3) is 16.9 Å². The first-order valence-corrected chi connectivity index (χ1v) is 11.6. The summed E-state index contributed by atoms with van der Waals surface area (Å²) >= 11 is 0. The van der Waals surface area contributed by atoms with E-state index in [1.54, 1.807) is 55.4 Å². The summed E-state index contributed by atoms with van der Waals surface area (Å²) < 4.78 is 27.1. The molecule has 0 radical (unpaired) electrons. The molecule has 1 saturated heterocycles. The molecule has 1 aliphatic rings. The molecule has 0 saturated carbocycles. The number of nitrogens with zero attached hydrogens (tertiary/aromatic N) is 5. The van der Waals surface area contributed by atoms with E-state index in [2.05, 4.69) is 20.2 Å². The summed E-state index contributed by atoms with van der Waals surface area (Å²) in [6.07, 6.45) is 4.96. The van der Waals surface area contributed by atoms with Gasteiger partial charge in [0.1, 0.15) is 28.8 Å². The molecule has 0 atom stereocenters. The lowest BCUT2D eigenvalue weighted by atomic mass is 10.1. The van der Waals surface area contributed by atoms with Gasteiger partial charge in [0.25, 0.3) is 0 Å². The highest BCUT2D eigenvalue weighted by Gasteiger charge is 2.23. The fourth-order valence-electron chi connectivity index (χ4n) is 4.38. The van der Waals surface area contributed by atoms with Crippen LogP contribution in [0.15, 0.2) is 61.1 Å². The molecule has 9 nitrogen and oxygen atoms in total. The van der Waals surface area contributed by atoms with Gasteiger partial charge in [0.05, 0.1) is 27.0 Å². The van der Waals surface area contributed by atoms with E-state index in [0.29, 0.717) is 48.9 Å². The maximum absolute atomic E-state index is 14.6. The summed E-state index contributed by atoms with van der Waals surface area (Å²) in [7, 11) is 3.25. The number of amides is 1. The fourth-order valence-corrected chi connectivity index (χ4v) is 4.38. The van der Waals surface area contributed by atoms with Crippen LogP contribution >= 0.6 is 0 Å². The molecule has 3 heterocycles. The van der Waals surface area contributed by atoms with Gasteiger partial charge in [-0.2, -0.15) is 0 Å². The minimum Gasteiger partial charge on any atom is -0.497 e. The highest BCUT2D eigenvalue weighted by Crippen LogP contribution is 2.31. The number of anilines is 2. The van der Waals surface area contributed by atoms with Gasteiger partial charge in [0.15, 0.2) is 5.65 Å². The predicted octanol–water partition coefficient (Wildman–Crippen LogP) is 3.31. The van der Waals surface area contributed by atoms with E-state index in [1.807, 2.05) is 23.1 Å². The highest BCUT2D eigenvalue weighted by atomic mass is 19.1. The average molecular weight is 491 g/mol. The van der Waals surface area contributed by atoms with Crippen molar-refractivity contribution in [3.8, 4) is 22.8 Å². The van der Waals surface area contributed by atoms with Crippen molar-refractivity contribution in [1.29, 1.82) is 0 Å². The number of fused-ring (bicyclic) bond motifs is 1. The topological polar surface area (TPSA) is 84.2 Å². The highest BCUT2D eigenvalue weighted by molar-refractivity contribution is 5.84. The second kappa shape index (κ2) is 10.1. The van der Waals surface area contributed by atoms with Gasteiger partial charge in [0, 0.05) is 68.0 Å². The molecule has 0 bridgehead atoms. The zero-order chi connectivity index (χ0) is 25.1. The molecule has 2 aromatic heterocycles. The first-order chi connectivity index (χ1) is 17.6. The summed E-state index contributed by atoms with van der Waals surface area (Å²) in [6, 6.07) is 12.2. The van der Waals surface area contributed by atoms with Crippen molar-refractivity contribution in [3.63, 3.8) is 0 Å². The number of carbonyl (C=O) groups excluding carboxylic acids is 1. The lowest BCUT2D eigenvalue weighted by molar-refractivity contribution is -0.129. The van der Waals surface area contributed by atoms with E-state index < -0.39 is 0 Å². The summed E-state index contributed by atoms with van der Waals surface area (Å²) in [5, 5.41) is 3.20. The molecule has 0 unspecified atom stereocenters. The number of rotatable bonds is 7. The van der Waals surface area contributed by atoms with Crippen molar-refractivity contribution in [3.05, 3.63) is 66.9 Å². The summed E-state index contributed by atoms with van der Waals surface area (Å²) in [5.41, 5.74) is 2.35. The molecular formula is C26H27FN6O3. The van der Waals surface area contributed by atoms with Gasteiger partial charge < -0.3 is 24.6 Å². The second-order valence-electron chi connectivity index (χ2n) is 8.39. The Labute approximate surface area is 208 Å². The van der Waals surface area contributed by atoms with E-state index >= 15 is 0 Å². The van der Waals surface area contributed by atoms with Crippen LogP contribution in [0.5, 0.6) is 11.5 Å². The number of hydrogen-bond donors (Lipinski definition) is 1. The van der Waals surface area contributed by atoms with Crippen LogP contribution in [0.1, 0.15) is 0 Å². The second-order valence-corrected chi connectivity index (χ2v) is 8.39. The zero-order valence-corrected chi connectivity index (χ0v) is 20.1. The maximum atomic E-state index is 14.6. The standard InChI is InChI=1S/C26H27FN6O3/c1-35-19-13-18(14-20(15-19)36-2)31-9-11-32(12-10-31)24(34)17-29-26-25(21-5-3-4-6-22(21)27)30-23-16-28-7-8-33(23)26/h3-8,13-16,29H,9-12,17H2,1-2H3. The average Bonchev–Trinajstić information content (AvgIpc) is 3.30. The van der Waals surface area contributed by atoms with Gasteiger partial charge >= 0.3 is 0 Å². The molecule has 1 fully saturated rings. The molecule has 1 N–H and O–H groups in total. The molecule has 10 heteroatoms. The van der Waals surface area contributed by atoms with Crippen LogP contribution in [-0.2, 0) is 4.79 Å². The number of benzene rings is 2. The molecule has 186 valence electrons. The summed E-state index contributed by atoms with van der Waals surface area (Å²) in [5.74, 6) is 1.57. The Bertz CT molecular complexity index is 1360. The third-order valence-electron chi connectivity index (χ3n) is 6.30. The molecule has 4 aromatic rings. The number of aromatic nitrogens is 3. The minimum atomic E-state index is -0.381. The van der Waals surface area contributed by atoms with E-state index in [9.17, 15) is 9.18 Å². The fraction of sp³-hybridized carbons (Fsp3) is 0.269. The Morgan fingerprint density at radius 1 is 1.06 bits per heavy atom. The molecule has 5 rings (SSSR count). The van der Waals surface area contributed by atoms with Crippen molar-refractivity contribution >= 4 is 23.1 Å². The number of carbonyl (C=O) groups is 1. The summed E-state index contributed by atoms with van der Waals surface area (Å²) in [6.45, 7) is 2.59. The van der Waals surface area contributed by atoms with Crippen LogP contribution in [0, 0.1) is 5.82 Å². The minimum absolute atomic E-state index is 0.0404. The number of halogens is 1. The van der Waals surface area contributed by atoms with Crippen molar-refractivity contribution < 1.29 is 18.7 Å². The van der Waals surface area contributed by atoms with Crippen molar-refractivity contribution in [2.75, 3.05) is 57.2 Å². The van der Waals surface area contributed by atoms with E-state index in [-0.39, 0.29) is 18.3 Å². The van der Waals surface area contributed by atoms with Crippen LogP contribution in [0.3, 0.4) is 0 Å². The lowest BCUT2D eigenvalue weighted by Crippen LogP contribution is -2.50. The van der Waals surface area contributed by atoms with Crippen molar-refractivity contribution in [1.82, 2.24) is 19.3 Å². The van der Waals surface area contributed by atoms with Gasteiger partial charge in [-0.3, -0.25) is 14.2 Å². The zero-order valence-electron chi connectivity index (χ0n) is 20.1. The summed E-state index contributed by atoms with van der Waals surface area (Å²) in [4.78, 5) is 25.8. The number of nitrogens with one attached hydrogen (secondary N) is 1. The molecule has 1 aliphatic heterocycles. The van der Waals surface area contributed by atoms with Gasteiger partial charge in [-0.25, -0.2) is 9.37 Å². The number of methoxy groups -OCH3 is 2. The van der Waals surface area contributed by atoms with Gasteiger partial charge in [-0.15, -0.1) is 0 Å². The van der Waals surface area contributed by atoms with Crippen LogP contribution in [-0.4, -0.2) is 72.1 Å². The van der Waals surface area contributed by atoms with Gasteiger partial charge in [0.2, 0.25) is 5.91 Å². The quantitative estimate of drug-likeness (QED) is 0.426. The third kappa shape index (κ3) is 4.61. The van der Waals surface area contributed by atoms with E-state index in [0.717, 1.165) is 17.2 Å². The van der Waals surface area contributed by atoms with Gasteiger partial charge in [-0.05, 0) is 12.1 Å². The lowest BCUT2D eigenvalue weighted by Gasteiger charge is -2.36. The first-order valence-electron chi connectivity index (χ1n) is 11.6. The van der Waals surface area contributed by atoms with Crippen LogP contribution in [0.4, 0.5) is 15.9 Å². The number of hydrogen-bond acceptors (Lipinski definition) is 7. The van der Waals surface area contributed by atoms with Crippen LogP contribution in [0.2, 0.25) is 0 Å². The van der Waals surface area contributed by atoms with E-state index in [1.165, 1.54) is 6.07 Å². The monoisotopic (exact) mass is 490 g/mol.